The van der Waals surface area contributed by atoms with Gasteiger partial charge in [0.1, 0.15) is 17.6 Å². The standard InChI is InChI=1S/C13H16ClNO3/c1-8(14)12-7-11(15-18-12)10-5-4-9(16-2)6-13(10)17-3/h4-6,8,12H,7H2,1-3H3. The monoisotopic (exact) mass is 269 g/mol. The molecule has 2 rings (SSSR count). The van der Waals surface area contributed by atoms with Gasteiger partial charge in [-0.15, -0.1) is 11.6 Å². The Hall–Kier alpha value is -1.42. The molecule has 5 heteroatoms. The number of alkyl halides is 1. The summed E-state index contributed by atoms with van der Waals surface area (Å²) in [5.74, 6) is 1.47. The number of hydrogen-bond donors (Lipinski definition) is 0. The fourth-order valence-electron chi connectivity index (χ4n) is 1.84. The van der Waals surface area contributed by atoms with Crippen LogP contribution in [0.5, 0.6) is 11.5 Å². The maximum absolute atomic E-state index is 6.01. The highest BCUT2D eigenvalue weighted by atomic mass is 35.5. The van der Waals surface area contributed by atoms with E-state index < -0.39 is 0 Å². The van der Waals surface area contributed by atoms with Gasteiger partial charge in [-0.2, -0.15) is 0 Å². The van der Waals surface area contributed by atoms with Crippen molar-refractivity contribution in [3.8, 4) is 11.5 Å². The Morgan fingerprint density at radius 1 is 1.39 bits per heavy atom. The molecule has 1 heterocycles. The Morgan fingerprint density at radius 2 is 2.17 bits per heavy atom. The molecule has 0 amide bonds. The summed E-state index contributed by atoms with van der Waals surface area (Å²) >= 11 is 6.01. The zero-order valence-electron chi connectivity index (χ0n) is 10.6. The average Bonchev–Trinajstić information content (AvgIpc) is 2.87. The fraction of sp³-hybridized carbons (Fsp3) is 0.462. The molecule has 0 N–H and O–H groups in total. The maximum atomic E-state index is 6.01. The average molecular weight is 270 g/mol. The van der Waals surface area contributed by atoms with Gasteiger partial charge in [-0.05, 0) is 19.1 Å². The molecule has 1 aromatic carbocycles. The van der Waals surface area contributed by atoms with E-state index in [1.54, 1.807) is 14.2 Å². The topological polar surface area (TPSA) is 40.0 Å². The summed E-state index contributed by atoms with van der Waals surface area (Å²) in [7, 11) is 3.24. The molecule has 0 aromatic heterocycles. The van der Waals surface area contributed by atoms with Crippen LogP contribution in [-0.2, 0) is 4.84 Å². The molecule has 98 valence electrons. The second kappa shape index (κ2) is 5.48. The first kappa shape index (κ1) is 13.0. The van der Waals surface area contributed by atoms with Crippen LogP contribution in [0.3, 0.4) is 0 Å². The highest BCUT2D eigenvalue weighted by molar-refractivity contribution is 6.21. The number of ether oxygens (including phenoxy) is 2. The van der Waals surface area contributed by atoms with Crippen molar-refractivity contribution in [3.63, 3.8) is 0 Å². The maximum Gasteiger partial charge on any atom is 0.149 e. The number of methoxy groups -OCH3 is 2. The van der Waals surface area contributed by atoms with Gasteiger partial charge in [0.15, 0.2) is 0 Å². The lowest BCUT2D eigenvalue weighted by Crippen LogP contribution is -2.18. The minimum atomic E-state index is -0.0755. The Balaban J connectivity index is 2.24. The van der Waals surface area contributed by atoms with E-state index in [9.17, 15) is 0 Å². The van der Waals surface area contributed by atoms with E-state index in [-0.39, 0.29) is 11.5 Å². The zero-order chi connectivity index (χ0) is 13.1. The number of benzene rings is 1. The molecule has 18 heavy (non-hydrogen) atoms. The molecular formula is C13H16ClNO3. The molecule has 1 aromatic rings. The summed E-state index contributed by atoms with van der Waals surface area (Å²) in [4.78, 5) is 5.31. The Bertz CT molecular complexity index is 460. The molecule has 2 atom stereocenters. The number of hydrogen-bond acceptors (Lipinski definition) is 4. The quantitative estimate of drug-likeness (QED) is 0.789. The van der Waals surface area contributed by atoms with Crippen molar-refractivity contribution in [1.82, 2.24) is 0 Å². The predicted octanol–water partition coefficient (Wildman–Crippen LogP) is 2.82. The van der Waals surface area contributed by atoms with Crippen LogP contribution >= 0.6 is 11.6 Å². The van der Waals surface area contributed by atoms with Gasteiger partial charge >= 0.3 is 0 Å². The van der Waals surface area contributed by atoms with Crippen molar-refractivity contribution >= 4 is 17.3 Å². The van der Waals surface area contributed by atoms with Crippen molar-refractivity contribution in [1.29, 1.82) is 0 Å². The van der Waals surface area contributed by atoms with Gasteiger partial charge in [0.25, 0.3) is 0 Å². The van der Waals surface area contributed by atoms with E-state index in [1.165, 1.54) is 0 Å². The van der Waals surface area contributed by atoms with Crippen LogP contribution in [0.15, 0.2) is 23.4 Å². The second-order valence-corrected chi connectivity index (χ2v) is 4.82. The lowest BCUT2D eigenvalue weighted by Gasteiger charge is -2.11. The van der Waals surface area contributed by atoms with Gasteiger partial charge < -0.3 is 14.3 Å². The lowest BCUT2D eigenvalue weighted by atomic mass is 10.0. The summed E-state index contributed by atoms with van der Waals surface area (Å²) in [5, 5.41) is 4.01. The van der Waals surface area contributed by atoms with Crippen molar-refractivity contribution in [2.45, 2.75) is 24.8 Å². The third kappa shape index (κ3) is 2.53. The third-order valence-electron chi connectivity index (χ3n) is 2.92. The molecule has 0 bridgehead atoms. The number of halogens is 1. The summed E-state index contributed by atoms with van der Waals surface area (Å²) in [6.45, 7) is 1.90. The van der Waals surface area contributed by atoms with Gasteiger partial charge in [0, 0.05) is 18.1 Å². The van der Waals surface area contributed by atoms with Gasteiger partial charge in [0.2, 0.25) is 0 Å². The van der Waals surface area contributed by atoms with Gasteiger partial charge in [-0.3, -0.25) is 0 Å². The highest BCUT2D eigenvalue weighted by Crippen LogP contribution is 2.29. The molecule has 2 unspecified atom stereocenters. The van der Waals surface area contributed by atoms with Crippen LogP contribution in [0.1, 0.15) is 18.9 Å². The van der Waals surface area contributed by atoms with Gasteiger partial charge in [-0.25, -0.2) is 0 Å². The van der Waals surface area contributed by atoms with E-state index in [2.05, 4.69) is 5.16 Å². The van der Waals surface area contributed by atoms with Crippen LogP contribution < -0.4 is 9.47 Å². The molecule has 0 fully saturated rings. The largest absolute Gasteiger partial charge is 0.497 e. The first-order valence-electron chi connectivity index (χ1n) is 5.75. The van der Waals surface area contributed by atoms with Crippen molar-refractivity contribution in [3.05, 3.63) is 23.8 Å². The Labute approximate surface area is 111 Å². The van der Waals surface area contributed by atoms with Crippen molar-refractivity contribution < 1.29 is 14.3 Å². The zero-order valence-corrected chi connectivity index (χ0v) is 11.4. The van der Waals surface area contributed by atoms with Gasteiger partial charge in [0.05, 0.1) is 25.3 Å². The van der Waals surface area contributed by atoms with Crippen LogP contribution in [-0.4, -0.2) is 31.4 Å². The lowest BCUT2D eigenvalue weighted by molar-refractivity contribution is 0.0855. The predicted molar refractivity (Wildman–Crippen MR) is 70.9 cm³/mol. The first-order chi connectivity index (χ1) is 8.65. The summed E-state index contributed by atoms with van der Waals surface area (Å²) < 4.78 is 10.5. The SMILES string of the molecule is COc1ccc(C2=NOC(C(C)Cl)C2)c(OC)c1. The van der Waals surface area contributed by atoms with Crippen molar-refractivity contribution in [2.75, 3.05) is 14.2 Å². The molecule has 0 radical (unpaired) electrons. The molecular weight excluding hydrogens is 254 g/mol. The molecule has 0 saturated heterocycles. The summed E-state index contributed by atoms with van der Waals surface area (Å²) in [5.41, 5.74) is 1.77. The smallest absolute Gasteiger partial charge is 0.149 e. The Kier molecular flexibility index (Phi) is 3.97. The molecule has 0 saturated carbocycles. The number of oxime groups is 1. The summed E-state index contributed by atoms with van der Waals surface area (Å²) in [6, 6.07) is 5.62. The van der Waals surface area contributed by atoms with Crippen LogP contribution in [0, 0.1) is 0 Å². The number of nitrogens with zero attached hydrogens (tertiary/aromatic N) is 1. The van der Waals surface area contributed by atoms with E-state index in [4.69, 9.17) is 25.9 Å². The number of rotatable bonds is 4. The minimum absolute atomic E-state index is 0.0736. The molecule has 0 aliphatic carbocycles. The van der Waals surface area contributed by atoms with Crippen LogP contribution in [0.4, 0.5) is 0 Å². The highest BCUT2D eigenvalue weighted by Gasteiger charge is 2.27. The molecule has 4 nitrogen and oxygen atoms in total. The van der Waals surface area contributed by atoms with Crippen LogP contribution in [0.2, 0.25) is 0 Å². The molecule has 0 spiro atoms. The first-order valence-corrected chi connectivity index (χ1v) is 6.18. The van der Waals surface area contributed by atoms with E-state index in [1.807, 2.05) is 25.1 Å². The molecule has 1 aliphatic heterocycles. The van der Waals surface area contributed by atoms with E-state index in [0.717, 1.165) is 22.8 Å². The third-order valence-corrected chi connectivity index (χ3v) is 3.21. The van der Waals surface area contributed by atoms with E-state index >= 15 is 0 Å². The Morgan fingerprint density at radius 3 is 2.72 bits per heavy atom. The second-order valence-electron chi connectivity index (χ2n) is 4.13. The normalized spacial score (nSPS) is 20.0. The molecule has 1 aliphatic rings. The fourth-order valence-corrected chi connectivity index (χ4v) is 1.97. The van der Waals surface area contributed by atoms with E-state index in [0.29, 0.717) is 6.42 Å². The van der Waals surface area contributed by atoms with Crippen LogP contribution in [0.25, 0.3) is 0 Å². The van der Waals surface area contributed by atoms with Crippen molar-refractivity contribution in [2.24, 2.45) is 5.16 Å². The van der Waals surface area contributed by atoms with Gasteiger partial charge in [-0.1, -0.05) is 5.16 Å². The summed E-state index contributed by atoms with van der Waals surface area (Å²) in [6.07, 6.45) is 0.612. The minimum Gasteiger partial charge on any atom is -0.497 e.